The summed E-state index contributed by atoms with van der Waals surface area (Å²) in [5.41, 5.74) is 2.50. The van der Waals surface area contributed by atoms with Crippen LogP contribution in [0, 0.1) is 6.92 Å². The molecule has 2 aromatic rings. The van der Waals surface area contributed by atoms with Crippen molar-refractivity contribution in [1.82, 2.24) is 19.8 Å². The number of aryl methyl sites for hydroxylation is 1. The van der Waals surface area contributed by atoms with Crippen molar-refractivity contribution in [2.75, 3.05) is 51.3 Å². The molecule has 0 spiro atoms. The van der Waals surface area contributed by atoms with Crippen molar-refractivity contribution in [3.8, 4) is 0 Å². The molecule has 1 atom stereocenters. The molecule has 9 heteroatoms. The van der Waals surface area contributed by atoms with Gasteiger partial charge in [0.15, 0.2) is 0 Å². The highest BCUT2D eigenvalue weighted by atomic mass is 16.5. The van der Waals surface area contributed by atoms with Crippen molar-refractivity contribution >= 4 is 23.3 Å². The molecule has 2 fully saturated rings. The minimum absolute atomic E-state index is 0.00246. The van der Waals surface area contributed by atoms with Crippen LogP contribution < -0.4 is 5.32 Å². The van der Waals surface area contributed by atoms with Crippen molar-refractivity contribution in [2.24, 2.45) is 0 Å². The third kappa shape index (κ3) is 5.80. The molecule has 9 nitrogen and oxygen atoms in total. The van der Waals surface area contributed by atoms with Crippen LogP contribution in [0.5, 0.6) is 0 Å². The lowest BCUT2D eigenvalue weighted by Crippen LogP contribution is -2.44. The minimum atomic E-state index is -0.306. The van der Waals surface area contributed by atoms with Crippen LogP contribution in [0.2, 0.25) is 0 Å². The number of aromatic nitrogens is 2. The van der Waals surface area contributed by atoms with Gasteiger partial charge in [-0.05, 0) is 37.6 Å². The lowest BCUT2D eigenvalue weighted by Gasteiger charge is -2.33. The lowest BCUT2D eigenvalue weighted by molar-refractivity contribution is -0.144. The first-order valence-corrected chi connectivity index (χ1v) is 11.0. The topological polar surface area (TPSA) is 96.9 Å². The molecule has 32 heavy (non-hydrogen) atoms. The molecule has 4 heterocycles. The summed E-state index contributed by atoms with van der Waals surface area (Å²) in [6.07, 6.45) is 2.94. The standard InChI is InChI=1S/C23H29N5O4/c1-17-13-18(26-21-5-2-3-7-24-21)14-19(25-17)20-15-28(10-12-32-20)23(30)16-31-11-9-27-8-4-6-22(27)29/h2-3,5,7,13-14,20H,4,6,8-12,15-16H2,1H3,(H,24,25,26)/t20-/m0/s1. The van der Waals surface area contributed by atoms with Crippen LogP contribution in [0.15, 0.2) is 36.5 Å². The molecule has 0 bridgehead atoms. The van der Waals surface area contributed by atoms with Gasteiger partial charge in [-0.25, -0.2) is 4.98 Å². The number of nitrogens with one attached hydrogen (secondary N) is 1. The second kappa shape index (κ2) is 10.5. The number of anilines is 2. The Morgan fingerprint density at radius 3 is 3.00 bits per heavy atom. The molecule has 2 aliphatic heterocycles. The van der Waals surface area contributed by atoms with E-state index in [0.29, 0.717) is 39.3 Å². The Labute approximate surface area is 187 Å². The number of pyridine rings is 2. The summed E-state index contributed by atoms with van der Waals surface area (Å²) in [6, 6.07) is 9.56. The van der Waals surface area contributed by atoms with E-state index in [4.69, 9.17) is 9.47 Å². The summed E-state index contributed by atoms with van der Waals surface area (Å²) in [5, 5.41) is 3.28. The Kier molecular flexibility index (Phi) is 7.28. The van der Waals surface area contributed by atoms with Gasteiger partial charge in [0.2, 0.25) is 11.8 Å². The molecule has 2 aliphatic rings. The molecule has 0 saturated carbocycles. The van der Waals surface area contributed by atoms with Gasteiger partial charge in [-0.1, -0.05) is 6.07 Å². The molecule has 4 rings (SSSR count). The maximum atomic E-state index is 12.6. The van der Waals surface area contributed by atoms with Gasteiger partial charge < -0.3 is 24.6 Å². The number of amides is 2. The Bertz CT molecular complexity index is 939. The van der Waals surface area contributed by atoms with E-state index < -0.39 is 0 Å². The van der Waals surface area contributed by atoms with Crippen molar-refractivity contribution in [1.29, 1.82) is 0 Å². The normalized spacial score (nSPS) is 18.8. The zero-order valence-corrected chi connectivity index (χ0v) is 18.3. The van der Waals surface area contributed by atoms with Crippen LogP contribution >= 0.6 is 0 Å². The molecule has 0 radical (unpaired) electrons. The largest absolute Gasteiger partial charge is 0.370 e. The van der Waals surface area contributed by atoms with Crippen molar-refractivity contribution in [2.45, 2.75) is 25.9 Å². The smallest absolute Gasteiger partial charge is 0.248 e. The average molecular weight is 440 g/mol. The SMILES string of the molecule is Cc1cc(Nc2ccccn2)cc([C@@H]2CN(C(=O)COCCN3CCCC3=O)CCO2)n1. The van der Waals surface area contributed by atoms with Gasteiger partial charge in [0.05, 0.1) is 25.5 Å². The first kappa shape index (κ1) is 22.2. The summed E-state index contributed by atoms with van der Waals surface area (Å²) in [4.78, 5) is 36.7. The molecule has 0 aromatic carbocycles. The predicted molar refractivity (Wildman–Crippen MR) is 118 cm³/mol. The Hall–Kier alpha value is -3.04. The zero-order chi connectivity index (χ0) is 22.3. The third-order valence-corrected chi connectivity index (χ3v) is 5.56. The van der Waals surface area contributed by atoms with Gasteiger partial charge in [0.1, 0.15) is 18.5 Å². The van der Waals surface area contributed by atoms with Crippen molar-refractivity contribution in [3.63, 3.8) is 0 Å². The quantitative estimate of drug-likeness (QED) is 0.629. The van der Waals surface area contributed by atoms with Gasteiger partial charge in [0.25, 0.3) is 0 Å². The number of nitrogens with zero attached hydrogens (tertiary/aromatic N) is 4. The lowest BCUT2D eigenvalue weighted by atomic mass is 10.1. The van der Waals surface area contributed by atoms with Crippen molar-refractivity contribution < 1.29 is 19.1 Å². The fraction of sp³-hybridized carbons (Fsp3) is 0.478. The predicted octanol–water partition coefficient (Wildman–Crippen LogP) is 2.07. The highest BCUT2D eigenvalue weighted by Gasteiger charge is 2.27. The first-order chi connectivity index (χ1) is 15.6. The molecule has 2 aromatic heterocycles. The zero-order valence-electron chi connectivity index (χ0n) is 18.3. The van der Waals surface area contributed by atoms with Crippen LogP contribution in [0.25, 0.3) is 0 Å². The van der Waals surface area contributed by atoms with E-state index in [2.05, 4.69) is 15.3 Å². The van der Waals surface area contributed by atoms with Crippen LogP contribution in [0.4, 0.5) is 11.5 Å². The first-order valence-electron chi connectivity index (χ1n) is 11.0. The number of likely N-dealkylation sites (tertiary alicyclic amines) is 1. The van der Waals surface area contributed by atoms with Gasteiger partial charge in [-0.15, -0.1) is 0 Å². The van der Waals surface area contributed by atoms with E-state index in [1.54, 1.807) is 16.0 Å². The number of hydrogen-bond acceptors (Lipinski definition) is 7. The Balaban J connectivity index is 1.31. The van der Waals surface area contributed by atoms with E-state index in [1.165, 1.54) is 0 Å². The highest BCUT2D eigenvalue weighted by molar-refractivity contribution is 5.78. The van der Waals surface area contributed by atoms with Crippen LogP contribution in [0.3, 0.4) is 0 Å². The molecule has 170 valence electrons. The summed E-state index contributed by atoms with van der Waals surface area (Å²) in [6.45, 7) is 5.00. The number of morpholine rings is 1. The van der Waals surface area contributed by atoms with E-state index >= 15 is 0 Å². The van der Waals surface area contributed by atoms with Crippen LogP contribution in [-0.4, -0.2) is 77.6 Å². The fourth-order valence-electron chi connectivity index (χ4n) is 3.94. The van der Waals surface area contributed by atoms with Crippen LogP contribution in [-0.2, 0) is 19.1 Å². The Morgan fingerprint density at radius 1 is 1.31 bits per heavy atom. The maximum absolute atomic E-state index is 12.6. The minimum Gasteiger partial charge on any atom is -0.370 e. The molecule has 2 saturated heterocycles. The van der Waals surface area contributed by atoms with E-state index in [9.17, 15) is 9.59 Å². The summed E-state index contributed by atoms with van der Waals surface area (Å²) >= 11 is 0. The average Bonchev–Trinajstić information content (AvgIpc) is 3.21. The summed E-state index contributed by atoms with van der Waals surface area (Å²) in [5.74, 6) is 0.835. The van der Waals surface area contributed by atoms with E-state index in [-0.39, 0.29) is 24.5 Å². The molecule has 2 amide bonds. The fourth-order valence-corrected chi connectivity index (χ4v) is 3.94. The molecular weight excluding hydrogens is 410 g/mol. The second-order valence-corrected chi connectivity index (χ2v) is 8.00. The van der Waals surface area contributed by atoms with Gasteiger partial charge in [-0.2, -0.15) is 0 Å². The number of carbonyl (C=O) groups is 2. The van der Waals surface area contributed by atoms with E-state index in [1.807, 2.05) is 37.3 Å². The van der Waals surface area contributed by atoms with Gasteiger partial charge in [-0.3, -0.25) is 14.6 Å². The number of rotatable bonds is 8. The Morgan fingerprint density at radius 2 is 2.22 bits per heavy atom. The molecule has 0 aliphatic carbocycles. The van der Waals surface area contributed by atoms with Crippen molar-refractivity contribution in [3.05, 3.63) is 47.9 Å². The molecule has 0 unspecified atom stereocenters. The molecule has 1 N–H and O–H groups in total. The summed E-state index contributed by atoms with van der Waals surface area (Å²) < 4.78 is 11.5. The van der Waals surface area contributed by atoms with Gasteiger partial charge in [0, 0.05) is 43.6 Å². The maximum Gasteiger partial charge on any atom is 0.248 e. The van der Waals surface area contributed by atoms with E-state index in [0.717, 1.165) is 35.9 Å². The summed E-state index contributed by atoms with van der Waals surface area (Å²) in [7, 11) is 0. The number of carbonyl (C=O) groups excluding carboxylic acids is 2. The monoisotopic (exact) mass is 439 g/mol. The number of hydrogen-bond donors (Lipinski definition) is 1. The third-order valence-electron chi connectivity index (χ3n) is 5.56. The van der Waals surface area contributed by atoms with Crippen LogP contribution in [0.1, 0.15) is 30.3 Å². The van der Waals surface area contributed by atoms with Gasteiger partial charge >= 0.3 is 0 Å². The highest BCUT2D eigenvalue weighted by Crippen LogP contribution is 2.25. The second-order valence-electron chi connectivity index (χ2n) is 8.00. The molecular formula is C23H29N5O4. The number of ether oxygens (including phenoxy) is 2.